The number of carbonyl (C=O) groups is 1. The molecule has 1 aliphatic carbocycles. The van der Waals surface area contributed by atoms with E-state index in [0.29, 0.717) is 47.7 Å². The van der Waals surface area contributed by atoms with Crippen LogP contribution in [0.15, 0.2) is 61.4 Å². The molecule has 0 unspecified atom stereocenters. The number of nitriles is 1. The highest BCUT2D eigenvalue weighted by molar-refractivity contribution is 5.83. The molecule has 2 aliphatic heterocycles. The molecule has 3 aliphatic rings. The van der Waals surface area contributed by atoms with Crippen LogP contribution in [-0.2, 0) is 10.2 Å². The summed E-state index contributed by atoms with van der Waals surface area (Å²) >= 11 is 0. The number of hydrogen-bond acceptors (Lipinski definition) is 9. The normalized spacial score (nSPS) is 18.1. The molecule has 0 aromatic carbocycles. The second kappa shape index (κ2) is 10.0. The van der Waals surface area contributed by atoms with E-state index < -0.39 is 0 Å². The number of Topliss-reactive ketones (excluding diaryl/α,β-unsaturated/α-hetero) is 1. The van der Waals surface area contributed by atoms with Crippen LogP contribution in [0.2, 0.25) is 0 Å². The number of pyridine rings is 2. The van der Waals surface area contributed by atoms with Gasteiger partial charge in [-0.05, 0) is 49.9 Å². The van der Waals surface area contributed by atoms with E-state index in [1.807, 2.05) is 53.7 Å². The highest BCUT2D eigenvalue weighted by Gasteiger charge is 2.44. The van der Waals surface area contributed by atoms with E-state index in [1.165, 1.54) is 0 Å². The molecule has 214 valence electrons. The number of piperidine rings is 1. The molecule has 0 bridgehead atoms. The van der Waals surface area contributed by atoms with Crippen LogP contribution in [0.25, 0.3) is 28.0 Å². The Bertz CT molecular complexity index is 1880. The molecule has 0 radical (unpaired) electrons. The number of ether oxygens (including phenoxy) is 1. The number of fused-ring (bicyclic) bond motifs is 3. The molecule has 5 aromatic rings. The predicted molar refractivity (Wildman–Crippen MR) is 158 cm³/mol. The lowest BCUT2D eigenvalue weighted by Crippen LogP contribution is -2.44. The second-order valence-corrected chi connectivity index (χ2v) is 11.7. The van der Waals surface area contributed by atoms with Gasteiger partial charge in [0.05, 0.1) is 53.7 Å². The van der Waals surface area contributed by atoms with Crippen LogP contribution in [0.1, 0.15) is 55.8 Å². The van der Waals surface area contributed by atoms with Gasteiger partial charge in [-0.3, -0.25) is 14.5 Å². The Hall–Kier alpha value is -5.11. The summed E-state index contributed by atoms with van der Waals surface area (Å²) in [5, 5.41) is 18.9. The Morgan fingerprint density at radius 2 is 1.84 bits per heavy atom. The molecule has 0 amide bonds. The van der Waals surface area contributed by atoms with Gasteiger partial charge in [-0.1, -0.05) is 0 Å². The molecule has 8 rings (SSSR count). The highest BCUT2D eigenvalue weighted by Crippen LogP contribution is 2.44. The summed E-state index contributed by atoms with van der Waals surface area (Å²) < 4.78 is 9.63. The first-order valence-corrected chi connectivity index (χ1v) is 14.7. The number of nitrogens with zero attached hydrogens (tertiary/aromatic N) is 9. The maximum Gasteiger partial charge on any atom is 0.141 e. The van der Waals surface area contributed by atoms with Gasteiger partial charge in [0, 0.05) is 55.6 Å². The van der Waals surface area contributed by atoms with Gasteiger partial charge in [0.15, 0.2) is 0 Å². The molecule has 1 saturated heterocycles. The van der Waals surface area contributed by atoms with Gasteiger partial charge >= 0.3 is 0 Å². The number of aromatic nitrogens is 7. The van der Waals surface area contributed by atoms with Crippen LogP contribution in [0, 0.1) is 11.3 Å². The average molecular weight is 572 g/mol. The molecule has 2 fully saturated rings. The fraction of sp³-hybridized carbons (Fsp3) is 0.344. The summed E-state index contributed by atoms with van der Waals surface area (Å²) in [5.74, 6) is 2.14. The largest absolute Gasteiger partial charge is 0.491 e. The molecular formula is C32H29N9O2. The molecule has 0 N–H and O–H groups in total. The van der Waals surface area contributed by atoms with Crippen molar-refractivity contribution in [2.24, 2.45) is 0 Å². The quantitative estimate of drug-likeness (QED) is 0.306. The summed E-state index contributed by atoms with van der Waals surface area (Å²) in [6.07, 6.45) is 15.6. The summed E-state index contributed by atoms with van der Waals surface area (Å²) in [4.78, 5) is 28.5. The molecular weight excluding hydrogens is 542 g/mol. The van der Waals surface area contributed by atoms with Gasteiger partial charge in [0.2, 0.25) is 0 Å². The van der Waals surface area contributed by atoms with E-state index >= 15 is 0 Å². The third-order valence-electron chi connectivity index (χ3n) is 9.24. The van der Waals surface area contributed by atoms with Crippen LogP contribution in [-0.4, -0.2) is 59.8 Å². The Balaban J connectivity index is 1.07. The molecule has 1 spiro atoms. The highest BCUT2D eigenvalue weighted by atomic mass is 16.5. The molecule has 11 nitrogen and oxygen atoms in total. The molecule has 5 aromatic heterocycles. The van der Waals surface area contributed by atoms with Crippen LogP contribution in [0.4, 0.5) is 5.82 Å². The zero-order chi connectivity index (χ0) is 29.0. The predicted octanol–water partition coefficient (Wildman–Crippen LogP) is 4.54. The molecule has 11 heteroatoms. The average Bonchev–Trinajstić information content (AvgIpc) is 3.80. The smallest absolute Gasteiger partial charge is 0.141 e. The Morgan fingerprint density at radius 1 is 0.977 bits per heavy atom. The van der Waals surface area contributed by atoms with Gasteiger partial charge in [0.25, 0.3) is 0 Å². The lowest BCUT2D eigenvalue weighted by Gasteiger charge is -2.38. The first-order chi connectivity index (χ1) is 21.1. The minimum atomic E-state index is -0.0269. The lowest BCUT2D eigenvalue weighted by atomic mass is 9.77. The van der Waals surface area contributed by atoms with Crippen LogP contribution < -0.4 is 9.64 Å². The Kier molecular flexibility index (Phi) is 5.96. The van der Waals surface area contributed by atoms with Gasteiger partial charge in [0.1, 0.15) is 34.5 Å². The zero-order valence-electron chi connectivity index (χ0n) is 23.6. The van der Waals surface area contributed by atoms with Gasteiger partial charge in [-0.25, -0.2) is 14.5 Å². The van der Waals surface area contributed by atoms with Crippen LogP contribution in [0.3, 0.4) is 0 Å². The minimum absolute atomic E-state index is 0.0269. The number of rotatable bonds is 4. The Morgan fingerprint density at radius 3 is 2.63 bits per heavy atom. The van der Waals surface area contributed by atoms with Crippen molar-refractivity contribution < 1.29 is 9.53 Å². The van der Waals surface area contributed by atoms with Gasteiger partial charge < -0.3 is 9.64 Å². The van der Waals surface area contributed by atoms with Crippen molar-refractivity contribution >= 4 is 17.1 Å². The number of anilines is 1. The van der Waals surface area contributed by atoms with Crippen LogP contribution >= 0.6 is 0 Å². The van der Waals surface area contributed by atoms with E-state index in [9.17, 15) is 10.1 Å². The third-order valence-corrected chi connectivity index (χ3v) is 9.24. The van der Waals surface area contributed by atoms with E-state index in [2.05, 4.69) is 26.2 Å². The number of carbonyl (C=O) groups excluding carboxylic acids is 1. The van der Waals surface area contributed by atoms with E-state index in [0.717, 1.165) is 67.2 Å². The summed E-state index contributed by atoms with van der Waals surface area (Å²) in [7, 11) is 0. The monoisotopic (exact) mass is 571 g/mol. The number of hydrogen-bond donors (Lipinski definition) is 0. The van der Waals surface area contributed by atoms with Gasteiger partial charge in [-0.15, -0.1) is 0 Å². The Labute approximate surface area is 247 Å². The SMILES string of the molecule is N#Cc1cnn2cc(-c3cnn(C4CCC(=O)CC4)c3)nc(-c3ccc(N4CCC5(CC4)COc4cccnc45)nc3)c12. The molecule has 1 saturated carbocycles. The summed E-state index contributed by atoms with van der Waals surface area (Å²) in [5.41, 5.74) is 5.16. The first kappa shape index (κ1) is 25.6. The van der Waals surface area contributed by atoms with Crippen molar-refractivity contribution in [3.63, 3.8) is 0 Å². The van der Waals surface area contributed by atoms with Gasteiger partial charge in [-0.2, -0.15) is 15.5 Å². The minimum Gasteiger partial charge on any atom is -0.491 e. The summed E-state index contributed by atoms with van der Waals surface area (Å²) in [6, 6.07) is 10.4. The molecule has 0 atom stereocenters. The van der Waals surface area contributed by atoms with Crippen molar-refractivity contribution in [3.05, 3.63) is 72.7 Å². The van der Waals surface area contributed by atoms with E-state index in [4.69, 9.17) is 14.7 Å². The van der Waals surface area contributed by atoms with E-state index in [1.54, 1.807) is 16.9 Å². The zero-order valence-corrected chi connectivity index (χ0v) is 23.6. The molecule has 7 heterocycles. The first-order valence-electron chi connectivity index (χ1n) is 14.7. The van der Waals surface area contributed by atoms with Crippen molar-refractivity contribution in [3.8, 4) is 34.3 Å². The fourth-order valence-corrected chi connectivity index (χ4v) is 6.74. The van der Waals surface area contributed by atoms with Crippen molar-refractivity contribution in [1.29, 1.82) is 5.26 Å². The van der Waals surface area contributed by atoms with E-state index in [-0.39, 0.29) is 11.5 Å². The van der Waals surface area contributed by atoms with Crippen molar-refractivity contribution in [2.75, 3.05) is 24.6 Å². The lowest BCUT2D eigenvalue weighted by molar-refractivity contribution is -0.120. The maximum atomic E-state index is 11.7. The van der Waals surface area contributed by atoms with Crippen molar-refractivity contribution in [2.45, 2.75) is 50.0 Å². The second-order valence-electron chi connectivity index (χ2n) is 11.7. The topological polar surface area (TPSA) is 127 Å². The third kappa shape index (κ3) is 4.33. The standard InChI is InChI=1S/C32H29N9O2/c33-14-22-16-37-41-19-26(23-17-36-40(18-23)24-4-6-25(42)7-5-24)38-29(30(22)41)21-3-8-28(35-15-21)39-12-9-32(10-13-39)20-43-27-2-1-11-34-31(27)32/h1-3,8,11,15-19,24H,4-7,9-10,12-13,20H2. The summed E-state index contributed by atoms with van der Waals surface area (Å²) in [6.45, 7) is 2.41. The fourth-order valence-electron chi connectivity index (χ4n) is 6.74. The number of ketones is 1. The maximum absolute atomic E-state index is 11.7. The molecule has 43 heavy (non-hydrogen) atoms. The van der Waals surface area contributed by atoms with Crippen molar-refractivity contribution in [1.82, 2.24) is 34.3 Å². The van der Waals surface area contributed by atoms with Crippen LogP contribution in [0.5, 0.6) is 5.75 Å².